The number of esters is 1. The quantitative estimate of drug-likeness (QED) is 0.688. The summed E-state index contributed by atoms with van der Waals surface area (Å²) in [7, 11) is 0. The molecule has 0 aliphatic heterocycles. The maximum absolute atomic E-state index is 11.6. The van der Waals surface area contributed by atoms with Crippen molar-refractivity contribution in [3.05, 3.63) is 18.0 Å². The highest BCUT2D eigenvalue weighted by Crippen LogP contribution is 2.16. The Morgan fingerprint density at radius 3 is 2.71 bits per heavy atom. The molecule has 0 spiro atoms. The Balaban J connectivity index is 2.89. The first-order valence-electron chi connectivity index (χ1n) is 4.67. The second kappa shape index (κ2) is 3.82. The molecule has 0 saturated carbocycles. The van der Waals surface area contributed by atoms with Crippen LogP contribution in [0, 0.1) is 6.92 Å². The van der Waals surface area contributed by atoms with Crippen LogP contribution in [0.25, 0.3) is 0 Å². The smallest absolute Gasteiger partial charge is 0.333 e. The molecule has 0 saturated heterocycles. The second-order valence-electron chi connectivity index (χ2n) is 3.74. The first-order chi connectivity index (χ1) is 6.48. The molecule has 0 aromatic carbocycles. The molecule has 1 aromatic rings. The van der Waals surface area contributed by atoms with E-state index in [9.17, 15) is 4.79 Å². The maximum Gasteiger partial charge on any atom is 0.333 e. The fourth-order valence-corrected chi connectivity index (χ4v) is 1.12. The first kappa shape index (κ1) is 10.8. The topological polar surface area (TPSA) is 44.1 Å². The third-order valence-corrected chi connectivity index (χ3v) is 2.06. The minimum atomic E-state index is -0.732. The van der Waals surface area contributed by atoms with E-state index in [1.165, 1.54) is 0 Å². The summed E-state index contributed by atoms with van der Waals surface area (Å²) in [6.07, 6.45) is 3.55. The fourth-order valence-electron chi connectivity index (χ4n) is 1.12. The van der Waals surface area contributed by atoms with Crippen molar-refractivity contribution >= 4 is 5.97 Å². The van der Waals surface area contributed by atoms with Crippen LogP contribution in [-0.4, -0.2) is 22.4 Å². The zero-order chi connectivity index (χ0) is 10.8. The molecule has 0 amide bonds. The van der Waals surface area contributed by atoms with Gasteiger partial charge in [0.2, 0.25) is 0 Å². The molecule has 14 heavy (non-hydrogen) atoms. The van der Waals surface area contributed by atoms with E-state index < -0.39 is 5.54 Å². The molecule has 0 unspecified atom stereocenters. The van der Waals surface area contributed by atoms with Gasteiger partial charge in [-0.2, -0.15) is 5.10 Å². The zero-order valence-electron chi connectivity index (χ0n) is 9.07. The van der Waals surface area contributed by atoms with Gasteiger partial charge in [-0.25, -0.2) is 4.79 Å². The molecule has 0 aliphatic rings. The number of ether oxygens (including phenoxy) is 1. The van der Waals surface area contributed by atoms with Crippen LogP contribution in [0.15, 0.2) is 12.4 Å². The van der Waals surface area contributed by atoms with Gasteiger partial charge in [0.1, 0.15) is 0 Å². The molecule has 0 fully saturated rings. The van der Waals surface area contributed by atoms with Gasteiger partial charge in [0.05, 0.1) is 12.8 Å². The van der Waals surface area contributed by atoms with Gasteiger partial charge in [-0.15, -0.1) is 0 Å². The van der Waals surface area contributed by atoms with Crippen molar-refractivity contribution in [2.45, 2.75) is 33.2 Å². The van der Waals surface area contributed by atoms with Crippen LogP contribution in [-0.2, 0) is 15.1 Å². The van der Waals surface area contributed by atoms with E-state index in [1.54, 1.807) is 31.6 Å². The number of aromatic nitrogens is 2. The summed E-state index contributed by atoms with van der Waals surface area (Å²) in [5.74, 6) is -0.261. The lowest BCUT2D eigenvalue weighted by Crippen LogP contribution is -2.37. The molecule has 4 heteroatoms. The monoisotopic (exact) mass is 196 g/mol. The van der Waals surface area contributed by atoms with Gasteiger partial charge < -0.3 is 4.74 Å². The Morgan fingerprint density at radius 1 is 1.64 bits per heavy atom. The van der Waals surface area contributed by atoms with Crippen molar-refractivity contribution in [1.29, 1.82) is 0 Å². The number of aryl methyl sites for hydroxylation is 1. The Bertz CT molecular complexity index is 329. The predicted molar refractivity (Wildman–Crippen MR) is 52.9 cm³/mol. The van der Waals surface area contributed by atoms with Crippen LogP contribution < -0.4 is 0 Å². The minimum absolute atomic E-state index is 0.261. The van der Waals surface area contributed by atoms with Gasteiger partial charge in [-0.05, 0) is 33.3 Å². The SMILES string of the molecule is CCOC(=O)C(C)(C)n1cc(C)cn1. The summed E-state index contributed by atoms with van der Waals surface area (Å²) in [4.78, 5) is 11.6. The number of carbonyl (C=O) groups is 1. The van der Waals surface area contributed by atoms with Crippen LogP contribution in [0.3, 0.4) is 0 Å². The standard InChI is InChI=1S/C10H16N2O2/c1-5-14-9(13)10(3,4)12-7-8(2)6-11-12/h6-7H,5H2,1-4H3. The van der Waals surface area contributed by atoms with E-state index in [2.05, 4.69) is 5.10 Å². The van der Waals surface area contributed by atoms with Crippen molar-refractivity contribution in [3.8, 4) is 0 Å². The van der Waals surface area contributed by atoms with Crippen molar-refractivity contribution in [3.63, 3.8) is 0 Å². The van der Waals surface area contributed by atoms with Gasteiger partial charge >= 0.3 is 5.97 Å². The highest BCUT2D eigenvalue weighted by molar-refractivity contribution is 5.77. The Labute approximate surface area is 83.9 Å². The van der Waals surface area contributed by atoms with Crippen LogP contribution in [0.4, 0.5) is 0 Å². The number of hydrogen-bond donors (Lipinski definition) is 0. The van der Waals surface area contributed by atoms with Crippen molar-refractivity contribution in [1.82, 2.24) is 9.78 Å². The molecule has 4 nitrogen and oxygen atoms in total. The first-order valence-corrected chi connectivity index (χ1v) is 4.67. The number of hydrogen-bond acceptors (Lipinski definition) is 3. The van der Waals surface area contributed by atoms with Crippen LogP contribution in [0.5, 0.6) is 0 Å². The third-order valence-electron chi connectivity index (χ3n) is 2.06. The molecule has 78 valence electrons. The molecule has 0 bridgehead atoms. The molecule has 0 radical (unpaired) electrons. The van der Waals surface area contributed by atoms with Gasteiger partial charge in [-0.1, -0.05) is 0 Å². The van der Waals surface area contributed by atoms with E-state index in [0.717, 1.165) is 5.56 Å². The molecule has 0 atom stereocenters. The molecular weight excluding hydrogens is 180 g/mol. The second-order valence-corrected chi connectivity index (χ2v) is 3.74. The Kier molecular flexibility index (Phi) is 2.93. The van der Waals surface area contributed by atoms with Crippen molar-refractivity contribution in [2.75, 3.05) is 6.61 Å². The average molecular weight is 196 g/mol. The number of nitrogens with zero attached hydrogens (tertiary/aromatic N) is 2. The summed E-state index contributed by atoms with van der Waals surface area (Å²) in [6.45, 7) is 7.70. The van der Waals surface area contributed by atoms with Gasteiger partial charge in [0, 0.05) is 6.20 Å². The van der Waals surface area contributed by atoms with E-state index in [4.69, 9.17) is 4.74 Å². The summed E-state index contributed by atoms with van der Waals surface area (Å²) in [5.41, 5.74) is 0.298. The van der Waals surface area contributed by atoms with Crippen LogP contribution in [0.1, 0.15) is 26.3 Å². The number of rotatable bonds is 3. The summed E-state index contributed by atoms with van der Waals surface area (Å²) < 4.78 is 6.60. The molecule has 1 heterocycles. The van der Waals surface area contributed by atoms with E-state index in [1.807, 2.05) is 13.1 Å². The fraction of sp³-hybridized carbons (Fsp3) is 0.600. The van der Waals surface area contributed by atoms with Crippen LogP contribution in [0.2, 0.25) is 0 Å². The minimum Gasteiger partial charge on any atom is -0.464 e. The van der Waals surface area contributed by atoms with E-state index in [-0.39, 0.29) is 5.97 Å². The Morgan fingerprint density at radius 2 is 2.29 bits per heavy atom. The summed E-state index contributed by atoms with van der Waals surface area (Å²) >= 11 is 0. The lowest BCUT2D eigenvalue weighted by Gasteiger charge is -2.22. The van der Waals surface area contributed by atoms with E-state index in [0.29, 0.717) is 6.61 Å². The van der Waals surface area contributed by atoms with Gasteiger partial charge in [-0.3, -0.25) is 4.68 Å². The van der Waals surface area contributed by atoms with Crippen molar-refractivity contribution in [2.24, 2.45) is 0 Å². The maximum atomic E-state index is 11.6. The van der Waals surface area contributed by atoms with E-state index >= 15 is 0 Å². The highest BCUT2D eigenvalue weighted by Gasteiger charge is 2.31. The highest BCUT2D eigenvalue weighted by atomic mass is 16.5. The van der Waals surface area contributed by atoms with Gasteiger partial charge in [0.15, 0.2) is 5.54 Å². The van der Waals surface area contributed by atoms with Crippen LogP contribution >= 0.6 is 0 Å². The molecule has 1 aromatic heterocycles. The largest absolute Gasteiger partial charge is 0.464 e. The summed E-state index contributed by atoms with van der Waals surface area (Å²) in [5, 5.41) is 4.11. The molecule has 0 N–H and O–H groups in total. The molecule has 0 aliphatic carbocycles. The lowest BCUT2D eigenvalue weighted by atomic mass is 10.1. The summed E-state index contributed by atoms with van der Waals surface area (Å²) in [6, 6.07) is 0. The third kappa shape index (κ3) is 1.95. The molecular formula is C10H16N2O2. The number of carbonyl (C=O) groups excluding carboxylic acids is 1. The normalized spacial score (nSPS) is 11.4. The molecule has 1 rings (SSSR count). The lowest BCUT2D eigenvalue weighted by molar-refractivity contribution is -0.152. The predicted octanol–water partition coefficient (Wildman–Crippen LogP) is 1.49. The van der Waals surface area contributed by atoms with Crippen molar-refractivity contribution < 1.29 is 9.53 Å². The van der Waals surface area contributed by atoms with Gasteiger partial charge in [0.25, 0.3) is 0 Å². The average Bonchev–Trinajstić information content (AvgIpc) is 2.52. The Hall–Kier alpha value is -1.32. The zero-order valence-corrected chi connectivity index (χ0v) is 9.07.